The molecule has 0 aliphatic rings. The quantitative estimate of drug-likeness (QED) is 0.705. The van der Waals surface area contributed by atoms with Crippen LogP contribution in [0.25, 0.3) is 16.7 Å². The van der Waals surface area contributed by atoms with Crippen LogP contribution in [-0.4, -0.2) is 9.55 Å². The lowest BCUT2D eigenvalue weighted by Crippen LogP contribution is -2.01. The summed E-state index contributed by atoms with van der Waals surface area (Å²) in [6.45, 7) is 0. The van der Waals surface area contributed by atoms with Gasteiger partial charge in [-0.1, -0.05) is 17.7 Å². The first kappa shape index (κ1) is 13.3. The smallest absolute Gasteiger partial charge is 0.206 e. The summed E-state index contributed by atoms with van der Waals surface area (Å²) >= 11 is 9.36. The average Bonchev–Trinajstić information content (AvgIpc) is 2.70. The number of hydrogen-bond acceptors (Lipinski definition) is 2. The molecule has 0 saturated carbocycles. The van der Waals surface area contributed by atoms with E-state index in [1.54, 1.807) is 18.2 Å². The molecular weight excluding hydrogens is 352 g/mol. The summed E-state index contributed by atoms with van der Waals surface area (Å²) in [6, 6.07) is 7.06. The molecule has 0 spiro atoms. The Kier molecular flexibility index (Phi) is 3.14. The van der Waals surface area contributed by atoms with Crippen molar-refractivity contribution >= 4 is 44.5 Å². The molecule has 0 aliphatic carbocycles. The van der Waals surface area contributed by atoms with Gasteiger partial charge in [0.25, 0.3) is 0 Å². The van der Waals surface area contributed by atoms with Crippen LogP contribution in [-0.2, 0) is 0 Å². The van der Waals surface area contributed by atoms with Crippen LogP contribution >= 0.6 is 27.5 Å². The molecule has 1 heterocycles. The van der Waals surface area contributed by atoms with Gasteiger partial charge in [0.15, 0.2) is 5.82 Å². The molecule has 0 atom stereocenters. The minimum Gasteiger partial charge on any atom is -0.369 e. The molecule has 1 aromatic heterocycles. The van der Waals surface area contributed by atoms with Crippen LogP contribution in [0.5, 0.6) is 0 Å². The summed E-state index contributed by atoms with van der Waals surface area (Å²) in [7, 11) is 0. The van der Waals surface area contributed by atoms with Crippen molar-refractivity contribution in [2.45, 2.75) is 0 Å². The number of benzene rings is 2. The number of hydrogen-bond donors (Lipinski definition) is 1. The number of imidazole rings is 1. The van der Waals surface area contributed by atoms with Crippen molar-refractivity contribution in [3.8, 4) is 5.69 Å². The second kappa shape index (κ2) is 4.71. The molecule has 0 fully saturated rings. The summed E-state index contributed by atoms with van der Waals surface area (Å²) in [5, 5.41) is 0.459. The number of nitrogen functional groups attached to an aromatic ring is 1. The Morgan fingerprint density at radius 3 is 2.75 bits per heavy atom. The van der Waals surface area contributed by atoms with Crippen molar-refractivity contribution in [3.63, 3.8) is 0 Å². The highest BCUT2D eigenvalue weighted by Crippen LogP contribution is 2.33. The average molecular weight is 359 g/mol. The predicted octanol–water partition coefficient (Wildman–Crippen LogP) is 4.30. The SMILES string of the molecule is Nc1nc2c(F)cc(F)cc2n1-c1cccc(Cl)c1Br. The van der Waals surface area contributed by atoms with Crippen molar-refractivity contribution < 1.29 is 8.78 Å². The highest BCUT2D eigenvalue weighted by molar-refractivity contribution is 9.10. The van der Waals surface area contributed by atoms with Gasteiger partial charge in [-0.25, -0.2) is 13.8 Å². The van der Waals surface area contributed by atoms with Gasteiger partial charge < -0.3 is 5.73 Å². The van der Waals surface area contributed by atoms with E-state index < -0.39 is 11.6 Å². The molecule has 102 valence electrons. The fourth-order valence-electron chi connectivity index (χ4n) is 2.04. The summed E-state index contributed by atoms with van der Waals surface area (Å²) in [4.78, 5) is 3.94. The summed E-state index contributed by atoms with van der Waals surface area (Å²) in [5.41, 5.74) is 6.63. The molecule has 0 amide bonds. The van der Waals surface area contributed by atoms with E-state index in [1.165, 1.54) is 10.6 Å². The lowest BCUT2D eigenvalue weighted by molar-refractivity contribution is 0.590. The van der Waals surface area contributed by atoms with Crippen LogP contribution in [0.2, 0.25) is 5.02 Å². The Labute approximate surface area is 126 Å². The summed E-state index contributed by atoms with van der Waals surface area (Å²) in [5.74, 6) is -1.41. The molecule has 0 bridgehead atoms. The van der Waals surface area contributed by atoms with E-state index in [9.17, 15) is 8.78 Å². The highest BCUT2D eigenvalue weighted by Gasteiger charge is 2.17. The van der Waals surface area contributed by atoms with Gasteiger partial charge in [-0.15, -0.1) is 0 Å². The van der Waals surface area contributed by atoms with E-state index >= 15 is 0 Å². The Balaban J connectivity index is 2.42. The van der Waals surface area contributed by atoms with E-state index in [2.05, 4.69) is 20.9 Å². The van der Waals surface area contributed by atoms with Gasteiger partial charge in [0.05, 0.1) is 20.7 Å². The first-order valence-electron chi connectivity index (χ1n) is 5.56. The maximum absolute atomic E-state index is 13.7. The minimum atomic E-state index is -0.761. The topological polar surface area (TPSA) is 43.8 Å². The molecule has 20 heavy (non-hydrogen) atoms. The minimum absolute atomic E-state index is 0.00998. The molecule has 3 rings (SSSR count). The molecule has 0 unspecified atom stereocenters. The Morgan fingerprint density at radius 1 is 1.25 bits per heavy atom. The maximum Gasteiger partial charge on any atom is 0.206 e. The van der Waals surface area contributed by atoms with E-state index in [4.69, 9.17) is 17.3 Å². The van der Waals surface area contributed by atoms with Gasteiger partial charge in [0.2, 0.25) is 5.95 Å². The van der Waals surface area contributed by atoms with Gasteiger partial charge >= 0.3 is 0 Å². The standard InChI is InChI=1S/C13H7BrClF2N3/c14-11-7(15)2-1-3-9(11)20-10-5-6(16)4-8(17)12(10)19-13(20)18/h1-5H,(H2,18,19). The Hall–Kier alpha value is -1.66. The van der Waals surface area contributed by atoms with Crippen LogP contribution in [0.1, 0.15) is 0 Å². The number of anilines is 1. The second-order valence-electron chi connectivity index (χ2n) is 4.13. The lowest BCUT2D eigenvalue weighted by Gasteiger charge is -2.10. The first-order chi connectivity index (χ1) is 9.49. The Morgan fingerprint density at radius 2 is 2.00 bits per heavy atom. The van der Waals surface area contributed by atoms with Crippen LogP contribution in [0, 0.1) is 11.6 Å². The Bertz CT molecular complexity index is 832. The van der Waals surface area contributed by atoms with Gasteiger partial charge in [0, 0.05) is 12.1 Å². The van der Waals surface area contributed by atoms with E-state index in [0.29, 0.717) is 15.2 Å². The van der Waals surface area contributed by atoms with Gasteiger partial charge in [0.1, 0.15) is 11.3 Å². The fourth-order valence-corrected chi connectivity index (χ4v) is 2.65. The molecule has 0 aliphatic heterocycles. The van der Waals surface area contributed by atoms with E-state index in [0.717, 1.165) is 6.07 Å². The highest BCUT2D eigenvalue weighted by atomic mass is 79.9. The predicted molar refractivity (Wildman–Crippen MR) is 78.1 cm³/mol. The summed E-state index contributed by atoms with van der Waals surface area (Å²) < 4.78 is 29.2. The van der Waals surface area contributed by atoms with Crippen LogP contribution in [0.4, 0.5) is 14.7 Å². The van der Waals surface area contributed by atoms with Gasteiger partial charge in [-0.05, 0) is 28.1 Å². The zero-order chi connectivity index (χ0) is 14.4. The molecule has 3 aromatic rings. The maximum atomic E-state index is 13.7. The van der Waals surface area contributed by atoms with E-state index in [1.807, 2.05) is 0 Å². The fraction of sp³-hybridized carbons (Fsp3) is 0. The molecule has 2 N–H and O–H groups in total. The van der Waals surface area contributed by atoms with Crippen LogP contribution < -0.4 is 5.73 Å². The number of rotatable bonds is 1. The number of halogens is 4. The van der Waals surface area contributed by atoms with Crippen molar-refractivity contribution in [2.24, 2.45) is 0 Å². The zero-order valence-electron chi connectivity index (χ0n) is 9.87. The molecule has 2 aromatic carbocycles. The lowest BCUT2D eigenvalue weighted by atomic mass is 10.2. The largest absolute Gasteiger partial charge is 0.369 e. The summed E-state index contributed by atoms with van der Waals surface area (Å²) in [6.07, 6.45) is 0. The monoisotopic (exact) mass is 357 g/mol. The first-order valence-corrected chi connectivity index (χ1v) is 6.73. The number of aromatic nitrogens is 2. The van der Waals surface area contributed by atoms with Gasteiger partial charge in [-0.3, -0.25) is 4.57 Å². The van der Waals surface area contributed by atoms with Crippen molar-refractivity contribution in [3.05, 3.63) is 51.5 Å². The normalized spacial score (nSPS) is 11.2. The third kappa shape index (κ3) is 1.96. The zero-order valence-corrected chi connectivity index (χ0v) is 12.2. The third-order valence-electron chi connectivity index (χ3n) is 2.88. The van der Waals surface area contributed by atoms with Gasteiger partial charge in [-0.2, -0.15) is 0 Å². The van der Waals surface area contributed by atoms with Crippen LogP contribution in [0.15, 0.2) is 34.8 Å². The second-order valence-corrected chi connectivity index (χ2v) is 5.33. The molecule has 0 saturated heterocycles. The molecule has 3 nitrogen and oxygen atoms in total. The molecular formula is C13H7BrClF2N3. The molecule has 0 radical (unpaired) electrons. The van der Waals surface area contributed by atoms with E-state index in [-0.39, 0.29) is 17.0 Å². The van der Waals surface area contributed by atoms with Crippen molar-refractivity contribution in [2.75, 3.05) is 5.73 Å². The van der Waals surface area contributed by atoms with Crippen LogP contribution in [0.3, 0.4) is 0 Å². The number of fused-ring (bicyclic) bond motifs is 1. The third-order valence-corrected chi connectivity index (χ3v) is 4.25. The molecule has 7 heteroatoms. The van der Waals surface area contributed by atoms with Crippen molar-refractivity contribution in [1.29, 1.82) is 0 Å². The number of nitrogens with zero attached hydrogens (tertiary/aromatic N) is 2. The number of nitrogens with two attached hydrogens (primary N) is 1. The van der Waals surface area contributed by atoms with Crippen molar-refractivity contribution in [1.82, 2.24) is 9.55 Å².